The van der Waals surface area contributed by atoms with Gasteiger partial charge in [0, 0.05) is 5.56 Å². The molecule has 10 nitrogen and oxygen atoms in total. The Morgan fingerprint density at radius 2 is 1.69 bits per heavy atom. The summed E-state index contributed by atoms with van der Waals surface area (Å²) in [6, 6.07) is 18.4. The summed E-state index contributed by atoms with van der Waals surface area (Å²) in [5.74, 6) is -1.40. The number of aryl methyl sites for hydroxylation is 2. The molecule has 1 fully saturated rings. The Kier molecular flexibility index (Phi) is 9.19. The van der Waals surface area contributed by atoms with Crippen molar-refractivity contribution in [3.05, 3.63) is 105 Å². The summed E-state index contributed by atoms with van der Waals surface area (Å²) in [6.45, 7) is 5.85. The van der Waals surface area contributed by atoms with Crippen molar-refractivity contribution in [1.82, 2.24) is 4.98 Å². The van der Waals surface area contributed by atoms with Gasteiger partial charge in [-0.2, -0.15) is 0 Å². The molecule has 5 rings (SSSR count). The number of amides is 1. The first-order valence-corrected chi connectivity index (χ1v) is 14.9. The van der Waals surface area contributed by atoms with Crippen molar-refractivity contribution in [2.45, 2.75) is 33.4 Å². The van der Waals surface area contributed by atoms with Crippen molar-refractivity contribution in [2.24, 2.45) is 0 Å². The summed E-state index contributed by atoms with van der Waals surface area (Å²) < 4.78 is 21.9. The second kappa shape index (κ2) is 13.2. The topological polar surface area (TPSA) is 124 Å². The number of thiazole rings is 1. The van der Waals surface area contributed by atoms with E-state index in [9.17, 15) is 19.5 Å². The van der Waals surface area contributed by atoms with Crippen LogP contribution in [0.4, 0.5) is 5.13 Å². The first-order valence-electron chi connectivity index (χ1n) is 14.1. The third kappa shape index (κ3) is 6.12. The van der Waals surface area contributed by atoms with Crippen LogP contribution in [0.1, 0.15) is 50.6 Å². The normalized spacial score (nSPS) is 15.7. The van der Waals surface area contributed by atoms with Gasteiger partial charge >= 0.3 is 11.9 Å². The summed E-state index contributed by atoms with van der Waals surface area (Å²) >= 11 is 0.933. The van der Waals surface area contributed by atoms with Gasteiger partial charge in [0.1, 0.15) is 23.0 Å². The van der Waals surface area contributed by atoms with E-state index in [-0.39, 0.29) is 27.9 Å². The van der Waals surface area contributed by atoms with Crippen LogP contribution in [0.15, 0.2) is 72.3 Å². The maximum atomic E-state index is 13.6. The number of Topliss-reactive ketones (excluding diaryl/α,β-unsaturated/α-hetero) is 1. The van der Waals surface area contributed by atoms with Gasteiger partial charge in [0.25, 0.3) is 5.78 Å². The molecule has 1 aliphatic rings. The number of aliphatic hydroxyl groups is 1. The summed E-state index contributed by atoms with van der Waals surface area (Å²) in [7, 11) is 2.96. The zero-order valence-electron chi connectivity index (χ0n) is 25.5. The molecule has 1 aliphatic heterocycles. The minimum absolute atomic E-state index is 0.108. The molecule has 0 saturated carbocycles. The molecule has 0 spiro atoms. The Bertz CT molecular complexity index is 1790. The number of rotatable bonds is 10. The van der Waals surface area contributed by atoms with E-state index in [1.165, 1.54) is 19.1 Å². The average Bonchev–Trinajstić information content (AvgIpc) is 3.56. The molecule has 1 unspecified atom stereocenters. The van der Waals surface area contributed by atoms with E-state index in [1.54, 1.807) is 56.3 Å². The van der Waals surface area contributed by atoms with Gasteiger partial charge in [0.2, 0.25) is 0 Å². The predicted molar refractivity (Wildman–Crippen MR) is 169 cm³/mol. The Hall–Kier alpha value is -5.16. The molecule has 232 valence electrons. The SMILES string of the molecule is CCOC(=O)c1sc(N2C(=O)C(=O)C(=C(O)c3ccc(OCc4ccccc4C)cc3)C2c2ccc(OC)c(OC)c2)nc1C. The number of hydrogen-bond acceptors (Lipinski definition) is 10. The third-order valence-corrected chi connectivity index (χ3v) is 8.54. The van der Waals surface area contributed by atoms with Crippen molar-refractivity contribution >= 4 is 39.9 Å². The van der Waals surface area contributed by atoms with Crippen LogP contribution >= 0.6 is 11.3 Å². The highest BCUT2D eigenvalue weighted by Gasteiger charge is 2.48. The maximum Gasteiger partial charge on any atom is 0.350 e. The van der Waals surface area contributed by atoms with Gasteiger partial charge in [0.05, 0.1) is 38.1 Å². The molecule has 1 atom stereocenters. The first kappa shape index (κ1) is 31.3. The van der Waals surface area contributed by atoms with Crippen molar-refractivity contribution in [2.75, 3.05) is 25.7 Å². The van der Waals surface area contributed by atoms with Crippen LogP contribution in [0, 0.1) is 13.8 Å². The number of benzene rings is 3. The lowest BCUT2D eigenvalue weighted by Crippen LogP contribution is -2.29. The van der Waals surface area contributed by atoms with Gasteiger partial charge in [-0.05, 0) is 73.9 Å². The zero-order chi connectivity index (χ0) is 32.2. The summed E-state index contributed by atoms with van der Waals surface area (Å²) in [5.41, 5.74) is 3.12. The number of aliphatic hydroxyl groups excluding tert-OH is 1. The fraction of sp³-hybridized carbons (Fsp3) is 0.235. The molecule has 1 amide bonds. The highest BCUT2D eigenvalue weighted by molar-refractivity contribution is 7.17. The number of ketones is 1. The van der Waals surface area contributed by atoms with Crippen LogP contribution < -0.4 is 19.1 Å². The van der Waals surface area contributed by atoms with Gasteiger partial charge in [-0.25, -0.2) is 9.78 Å². The van der Waals surface area contributed by atoms with Crippen LogP contribution in [-0.4, -0.2) is 48.6 Å². The lowest BCUT2D eigenvalue weighted by atomic mass is 9.95. The monoisotopic (exact) mass is 628 g/mol. The van der Waals surface area contributed by atoms with Gasteiger partial charge in [-0.3, -0.25) is 14.5 Å². The second-order valence-electron chi connectivity index (χ2n) is 10.2. The Morgan fingerprint density at radius 1 is 0.978 bits per heavy atom. The van der Waals surface area contributed by atoms with Crippen LogP contribution in [0.5, 0.6) is 17.2 Å². The van der Waals surface area contributed by atoms with E-state index in [1.807, 2.05) is 31.2 Å². The number of aromatic nitrogens is 1. The number of ether oxygens (including phenoxy) is 4. The van der Waals surface area contributed by atoms with Crippen molar-refractivity contribution in [1.29, 1.82) is 0 Å². The largest absolute Gasteiger partial charge is 0.507 e. The van der Waals surface area contributed by atoms with Crippen molar-refractivity contribution < 1.29 is 38.4 Å². The molecule has 45 heavy (non-hydrogen) atoms. The molecule has 1 aromatic heterocycles. The molecular weight excluding hydrogens is 596 g/mol. The first-order chi connectivity index (χ1) is 21.7. The number of carbonyl (C=O) groups excluding carboxylic acids is 3. The van der Waals surface area contributed by atoms with Crippen molar-refractivity contribution in [3.63, 3.8) is 0 Å². The number of carbonyl (C=O) groups is 3. The molecule has 3 aromatic carbocycles. The molecule has 1 saturated heterocycles. The van der Waals surface area contributed by atoms with Crippen LogP contribution in [0.25, 0.3) is 5.76 Å². The Balaban J connectivity index is 1.57. The van der Waals surface area contributed by atoms with E-state index < -0.39 is 23.7 Å². The van der Waals surface area contributed by atoms with Crippen LogP contribution in [-0.2, 0) is 20.9 Å². The smallest absolute Gasteiger partial charge is 0.350 e. The maximum absolute atomic E-state index is 13.6. The molecule has 1 N–H and O–H groups in total. The quantitative estimate of drug-likeness (QED) is 0.0952. The van der Waals surface area contributed by atoms with E-state index in [4.69, 9.17) is 18.9 Å². The molecule has 0 aliphatic carbocycles. The highest BCUT2D eigenvalue weighted by atomic mass is 32.1. The van der Waals surface area contributed by atoms with Crippen LogP contribution in [0.3, 0.4) is 0 Å². The van der Waals surface area contributed by atoms with Gasteiger partial charge in [0.15, 0.2) is 16.6 Å². The predicted octanol–water partition coefficient (Wildman–Crippen LogP) is 6.16. The van der Waals surface area contributed by atoms with E-state index >= 15 is 0 Å². The fourth-order valence-electron chi connectivity index (χ4n) is 5.04. The van der Waals surface area contributed by atoms with Gasteiger partial charge < -0.3 is 24.1 Å². The molecular formula is C34H32N2O8S. The standard InChI is InChI=1S/C34H32N2O8S/c1-6-43-33(40)31-20(3)35-34(45-31)36-28(22-13-16-25(41-4)26(17-22)42-5)27(30(38)32(36)39)29(37)21-11-14-24(15-12-21)44-18-23-10-8-7-9-19(23)2/h7-17,28,37H,6,18H2,1-5H3. The number of anilines is 1. The highest BCUT2D eigenvalue weighted by Crippen LogP contribution is 2.45. The second-order valence-corrected chi connectivity index (χ2v) is 11.1. The average molecular weight is 629 g/mol. The minimum Gasteiger partial charge on any atom is -0.507 e. The number of nitrogens with zero attached hydrogens (tertiary/aromatic N) is 2. The van der Waals surface area contributed by atoms with Crippen LogP contribution in [0.2, 0.25) is 0 Å². The van der Waals surface area contributed by atoms with Crippen molar-refractivity contribution in [3.8, 4) is 17.2 Å². The molecule has 11 heteroatoms. The lowest BCUT2D eigenvalue weighted by molar-refractivity contribution is -0.132. The lowest BCUT2D eigenvalue weighted by Gasteiger charge is -2.23. The minimum atomic E-state index is -1.10. The number of hydrogen-bond donors (Lipinski definition) is 1. The summed E-state index contributed by atoms with van der Waals surface area (Å²) in [6.07, 6.45) is 0. The summed E-state index contributed by atoms with van der Waals surface area (Å²) in [4.78, 5) is 45.7. The van der Waals surface area contributed by atoms with E-state index in [0.717, 1.165) is 22.5 Å². The van der Waals surface area contributed by atoms with E-state index in [2.05, 4.69) is 4.98 Å². The third-order valence-electron chi connectivity index (χ3n) is 7.40. The van der Waals surface area contributed by atoms with E-state index in [0.29, 0.717) is 40.7 Å². The number of esters is 1. The Labute approximate surface area is 264 Å². The molecule has 2 heterocycles. The molecule has 0 bridgehead atoms. The Morgan fingerprint density at radius 3 is 2.36 bits per heavy atom. The van der Waals surface area contributed by atoms with Gasteiger partial charge in [-0.15, -0.1) is 0 Å². The zero-order valence-corrected chi connectivity index (χ0v) is 26.3. The fourth-order valence-corrected chi connectivity index (χ4v) is 6.02. The number of methoxy groups -OCH3 is 2. The summed E-state index contributed by atoms with van der Waals surface area (Å²) in [5, 5.41) is 11.7. The molecule has 4 aromatic rings. The molecule has 0 radical (unpaired) electrons. The van der Waals surface area contributed by atoms with Gasteiger partial charge in [-0.1, -0.05) is 41.7 Å².